The summed E-state index contributed by atoms with van der Waals surface area (Å²) in [6, 6.07) is 0. The van der Waals surface area contributed by atoms with Crippen LogP contribution in [-0.2, 0) is 14.2 Å². The van der Waals surface area contributed by atoms with Crippen LogP contribution in [0.2, 0.25) is 0 Å². The van der Waals surface area contributed by atoms with Gasteiger partial charge in [-0.15, -0.1) is 6.58 Å². The summed E-state index contributed by atoms with van der Waals surface area (Å²) in [4.78, 5) is 0. The van der Waals surface area contributed by atoms with Crippen LogP contribution in [0.1, 0.15) is 0 Å². The van der Waals surface area contributed by atoms with Crippen LogP contribution in [0, 0.1) is 0 Å². The van der Waals surface area contributed by atoms with Crippen molar-refractivity contribution in [1.82, 2.24) is 0 Å². The van der Waals surface area contributed by atoms with Crippen molar-refractivity contribution in [2.24, 2.45) is 0 Å². The van der Waals surface area contributed by atoms with Crippen LogP contribution in [0.25, 0.3) is 0 Å². The summed E-state index contributed by atoms with van der Waals surface area (Å²) in [6.07, 6.45) is -0.731. The lowest BCUT2D eigenvalue weighted by molar-refractivity contribution is -0.0952. The molecule has 0 bridgehead atoms. The fraction of sp³-hybridized carbons (Fsp3) is 0.833. The van der Waals surface area contributed by atoms with E-state index in [0.717, 1.165) is 0 Å². The molecule has 7 heteroatoms. The molecule has 0 amide bonds. The van der Waals surface area contributed by atoms with Gasteiger partial charge in [0.05, 0.1) is 46.2 Å². The minimum Gasteiger partial charge on any atom is -0.394 e. The van der Waals surface area contributed by atoms with Crippen molar-refractivity contribution in [2.75, 3.05) is 46.2 Å². The highest BCUT2D eigenvalue weighted by Crippen LogP contribution is 1.99. The Labute approximate surface area is 113 Å². The summed E-state index contributed by atoms with van der Waals surface area (Å²) in [6.45, 7) is 3.45. The lowest BCUT2D eigenvalue weighted by Gasteiger charge is -2.20. The summed E-state index contributed by atoms with van der Waals surface area (Å²) in [5.74, 6) is 0. The lowest BCUT2D eigenvalue weighted by atomic mass is 10.3. The second-order valence-corrected chi connectivity index (χ2v) is 3.99. The Balaban J connectivity index is 3.91. The molecule has 3 unspecified atom stereocenters. The first-order chi connectivity index (χ1) is 9.13. The molecule has 0 rings (SSSR count). The number of ether oxygens (including phenoxy) is 3. The van der Waals surface area contributed by atoms with Gasteiger partial charge in [-0.2, -0.15) is 0 Å². The number of hydrogen-bond acceptors (Lipinski definition) is 7. The van der Waals surface area contributed by atoms with Gasteiger partial charge in [-0.1, -0.05) is 6.08 Å². The first kappa shape index (κ1) is 18.5. The standard InChI is InChI=1S/C12H24O7/c1-2-3-17-8-12(19-7-11(16)5-14)9-18-6-10(15)4-13/h2,10-16H,1,3-9H2. The first-order valence-electron chi connectivity index (χ1n) is 6.09. The molecule has 0 saturated heterocycles. The summed E-state index contributed by atoms with van der Waals surface area (Å²) in [7, 11) is 0. The van der Waals surface area contributed by atoms with E-state index < -0.39 is 18.3 Å². The van der Waals surface area contributed by atoms with Gasteiger partial charge >= 0.3 is 0 Å². The molecular weight excluding hydrogens is 256 g/mol. The monoisotopic (exact) mass is 280 g/mol. The second-order valence-electron chi connectivity index (χ2n) is 3.99. The number of rotatable bonds is 13. The van der Waals surface area contributed by atoms with E-state index in [-0.39, 0.29) is 39.6 Å². The van der Waals surface area contributed by atoms with Crippen LogP contribution in [0.3, 0.4) is 0 Å². The SMILES string of the molecule is C=CCOCC(COCC(O)CO)OCC(O)CO. The predicted molar refractivity (Wildman–Crippen MR) is 67.8 cm³/mol. The zero-order valence-corrected chi connectivity index (χ0v) is 11.0. The van der Waals surface area contributed by atoms with Gasteiger partial charge in [0.15, 0.2) is 0 Å². The molecule has 7 nitrogen and oxygen atoms in total. The fourth-order valence-corrected chi connectivity index (χ4v) is 1.12. The van der Waals surface area contributed by atoms with E-state index in [1.54, 1.807) is 6.08 Å². The van der Waals surface area contributed by atoms with E-state index in [1.165, 1.54) is 0 Å². The van der Waals surface area contributed by atoms with Crippen molar-refractivity contribution >= 4 is 0 Å². The van der Waals surface area contributed by atoms with Gasteiger partial charge < -0.3 is 34.6 Å². The van der Waals surface area contributed by atoms with Gasteiger partial charge in [0.2, 0.25) is 0 Å². The van der Waals surface area contributed by atoms with E-state index in [9.17, 15) is 5.11 Å². The normalized spacial score (nSPS) is 16.0. The third kappa shape index (κ3) is 11.0. The lowest BCUT2D eigenvalue weighted by Crippen LogP contribution is -2.32. The van der Waals surface area contributed by atoms with Crippen molar-refractivity contribution in [3.63, 3.8) is 0 Å². The molecule has 0 spiro atoms. The van der Waals surface area contributed by atoms with Gasteiger partial charge in [0.1, 0.15) is 18.3 Å². The summed E-state index contributed by atoms with van der Waals surface area (Å²) in [5.41, 5.74) is 0. The molecule has 0 aromatic rings. The van der Waals surface area contributed by atoms with Crippen LogP contribution in [0.5, 0.6) is 0 Å². The zero-order valence-electron chi connectivity index (χ0n) is 11.0. The third-order valence-electron chi connectivity index (χ3n) is 2.10. The maximum absolute atomic E-state index is 9.18. The third-order valence-corrected chi connectivity index (χ3v) is 2.10. The Kier molecular flexibility index (Phi) is 12.1. The van der Waals surface area contributed by atoms with Gasteiger partial charge in [-0.3, -0.25) is 0 Å². The van der Waals surface area contributed by atoms with Crippen LogP contribution >= 0.6 is 0 Å². The summed E-state index contributed by atoms with van der Waals surface area (Å²) < 4.78 is 15.7. The Morgan fingerprint density at radius 1 is 0.895 bits per heavy atom. The molecule has 19 heavy (non-hydrogen) atoms. The summed E-state index contributed by atoms with van der Waals surface area (Å²) in [5, 5.41) is 35.6. The van der Waals surface area contributed by atoms with Gasteiger partial charge in [-0.05, 0) is 0 Å². The average Bonchev–Trinajstić information content (AvgIpc) is 2.43. The number of aliphatic hydroxyl groups excluding tert-OH is 4. The van der Waals surface area contributed by atoms with Crippen molar-refractivity contribution in [3.8, 4) is 0 Å². The van der Waals surface area contributed by atoms with Gasteiger partial charge in [0, 0.05) is 0 Å². The van der Waals surface area contributed by atoms with Crippen LogP contribution in [0.4, 0.5) is 0 Å². The molecule has 0 aliphatic carbocycles. The van der Waals surface area contributed by atoms with E-state index in [1.807, 2.05) is 0 Å². The first-order valence-corrected chi connectivity index (χ1v) is 6.09. The van der Waals surface area contributed by atoms with Crippen molar-refractivity contribution in [2.45, 2.75) is 18.3 Å². The Morgan fingerprint density at radius 3 is 2.05 bits per heavy atom. The molecule has 3 atom stereocenters. The van der Waals surface area contributed by atoms with E-state index in [0.29, 0.717) is 6.61 Å². The molecular formula is C12H24O7. The fourth-order valence-electron chi connectivity index (χ4n) is 1.12. The Bertz CT molecular complexity index is 212. The average molecular weight is 280 g/mol. The Morgan fingerprint density at radius 2 is 1.47 bits per heavy atom. The van der Waals surface area contributed by atoms with Crippen molar-refractivity contribution in [1.29, 1.82) is 0 Å². The number of aliphatic hydroxyl groups is 4. The quantitative estimate of drug-likeness (QED) is 0.235. The maximum atomic E-state index is 9.18. The number of hydrogen-bond donors (Lipinski definition) is 4. The highest BCUT2D eigenvalue weighted by atomic mass is 16.6. The molecule has 0 radical (unpaired) electrons. The van der Waals surface area contributed by atoms with Crippen LogP contribution < -0.4 is 0 Å². The van der Waals surface area contributed by atoms with Crippen molar-refractivity contribution < 1.29 is 34.6 Å². The molecule has 0 aliphatic heterocycles. The predicted octanol–water partition coefficient (Wildman–Crippen LogP) is -1.70. The van der Waals surface area contributed by atoms with E-state index in [4.69, 9.17) is 29.5 Å². The van der Waals surface area contributed by atoms with E-state index >= 15 is 0 Å². The highest BCUT2D eigenvalue weighted by molar-refractivity contribution is 4.66. The van der Waals surface area contributed by atoms with Crippen LogP contribution in [0.15, 0.2) is 12.7 Å². The molecule has 0 aromatic carbocycles. The van der Waals surface area contributed by atoms with Crippen LogP contribution in [-0.4, -0.2) is 85.0 Å². The molecule has 114 valence electrons. The molecule has 0 aromatic heterocycles. The zero-order chi connectivity index (χ0) is 14.5. The highest BCUT2D eigenvalue weighted by Gasteiger charge is 2.13. The Hall–Kier alpha value is -0.540. The van der Waals surface area contributed by atoms with Gasteiger partial charge in [-0.25, -0.2) is 0 Å². The summed E-state index contributed by atoms with van der Waals surface area (Å²) >= 11 is 0. The molecule has 4 N–H and O–H groups in total. The largest absolute Gasteiger partial charge is 0.394 e. The molecule has 0 aliphatic rings. The minimum absolute atomic E-state index is 0.0135. The minimum atomic E-state index is -0.954. The van der Waals surface area contributed by atoms with Crippen molar-refractivity contribution in [3.05, 3.63) is 12.7 Å². The van der Waals surface area contributed by atoms with E-state index in [2.05, 4.69) is 6.58 Å². The second kappa shape index (κ2) is 12.5. The maximum Gasteiger partial charge on any atom is 0.104 e. The topological polar surface area (TPSA) is 109 Å². The molecule has 0 heterocycles. The van der Waals surface area contributed by atoms with Gasteiger partial charge in [0.25, 0.3) is 0 Å². The smallest absolute Gasteiger partial charge is 0.104 e. The molecule has 0 fully saturated rings. The molecule has 0 saturated carbocycles.